The molecule has 2 aliphatic rings. The van der Waals surface area contributed by atoms with Crippen LogP contribution in [0, 0.1) is 0 Å². The van der Waals surface area contributed by atoms with Gasteiger partial charge in [0, 0.05) is 25.7 Å². The molecule has 0 amide bonds. The minimum atomic E-state index is 0.274. The average Bonchev–Trinajstić information content (AvgIpc) is 2.89. The van der Waals surface area contributed by atoms with Crippen LogP contribution in [0.4, 0.5) is 0 Å². The highest BCUT2D eigenvalue weighted by Gasteiger charge is 2.42. The Morgan fingerprint density at radius 2 is 2.00 bits per heavy atom. The summed E-state index contributed by atoms with van der Waals surface area (Å²) >= 11 is 0. The van der Waals surface area contributed by atoms with Gasteiger partial charge in [0.15, 0.2) is 0 Å². The SMILES string of the molecule is CC(C)N(CCN)CC1CCC2(CCCC2)O1. The van der Waals surface area contributed by atoms with Crippen LogP contribution in [0.1, 0.15) is 52.4 Å². The molecule has 2 rings (SSSR count). The molecule has 1 saturated heterocycles. The highest BCUT2D eigenvalue weighted by atomic mass is 16.5. The Morgan fingerprint density at radius 3 is 2.59 bits per heavy atom. The predicted octanol–water partition coefficient (Wildman–Crippen LogP) is 2.15. The second-order valence-electron chi connectivity index (χ2n) is 6.05. The lowest BCUT2D eigenvalue weighted by molar-refractivity contribution is -0.0497. The van der Waals surface area contributed by atoms with Crippen molar-refractivity contribution < 1.29 is 4.74 Å². The molecule has 0 aromatic carbocycles. The molecule has 1 spiro atoms. The predicted molar refractivity (Wildman–Crippen MR) is 71.1 cm³/mol. The lowest BCUT2D eigenvalue weighted by atomic mass is 9.98. The molecule has 100 valence electrons. The van der Waals surface area contributed by atoms with Gasteiger partial charge >= 0.3 is 0 Å². The molecule has 1 unspecified atom stereocenters. The van der Waals surface area contributed by atoms with E-state index in [0.717, 1.165) is 19.6 Å². The molecule has 1 saturated carbocycles. The van der Waals surface area contributed by atoms with Gasteiger partial charge in [-0.3, -0.25) is 4.90 Å². The van der Waals surface area contributed by atoms with E-state index in [-0.39, 0.29) is 5.60 Å². The number of rotatable bonds is 5. The van der Waals surface area contributed by atoms with Gasteiger partial charge in [-0.1, -0.05) is 12.8 Å². The monoisotopic (exact) mass is 240 g/mol. The number of nitrogens with two attached hydrogens (primary N) is 1. The summed E-state index contributed by atoms with van der Waals surface area (Å²) < 4.78 is 6.35. The van der Waals surface area contributed by atoms with Crippen LogP contribution in [0.15, 0.2) is 0 Å². The molecule has 3 nitrogen and oxygen atoms in total. The van der Waals surface area contributed by atoms with E-state index in [1.165, 1.54) is 38.5 Å². The molecule has 0 aromatic rings. The first-order valence-corrected chi connectivity index (χ1v) is 7.27. The quantitative estimate of drug-likeness (QED) is 0.800. The van der Waals surface area contributed by atoms with E-state index < -0.39 is 0 Å². The Labute approximate surface area is 106 Å². The molecule has 0 aromatic heterocycles. The number of hydrogen-bond acceptors (Lipinski definition) is 3. The van der Waals surface area contributed by atoms with Crippen LogP contribution in [0.5, 0.6) is 0 Å². The third kappa shape index (κ3) is 3.21. The Kier molecular flexibility index (Phi) is 4.45. The summed E-state index contributed by atoms with van der Waals surface area (Å²) in [5.41, 5.74) is 5.95. The molecule has 1 atom stereocenters. The summed E-state index contributed by atoms with van der Waals surface area (Å²) in [5, 5.41) is 0. The van der Waals surface area contributed by atoms with Gasteiger partial charge in [-0.15, -0.1) is 0 Å². The fraction of sp³-hybridized carbons (Fsp3) is 1.00. The van der Waals surface area contributed by atoms with Crippen LogP contribution in [0.2, 0.25) is 0 Å². The third-order valence-electron chi connectivity index (χ3n) is 4.44. The Balaban J connectivity index is 1.83. The van der Waals surface area contributed by atoms with Gasteiger partial charge in [-0.05, 0) is 39.5 Å². The standard InChI is InChI=1S/C14H28N2O/c1-12(2)16(10-9-15)11-13-5-8-14(17-13)6-3-4-7-14/h12-13H,3-11,15H2,1-2H3. The minimum Gasteiger partial charge on any atom is -0.370 e. The molecule has 2 fully saturated rings. The van der Waals surface area contributed by atoms with Crippen molar-refractivity contribution in [2.24, 2.45) is 5.73 Å². The van der Waals surface area contributed by atoms with Crippen LogP contribution in [0.3, 0.4) is 0 Å². The first-order valence-electron chi connectivity index (χ1n) is 7.27. The fourth-order valence-corrected chi connectivity index (χ4v) is 3.40. The highest BCUT2D eigenvalue weighted by Crippen LogP contribution is 2.43. The maximum Gasteiger partial charge on any atom is 0.0710 e. The van der Waals surface area contributed by atoms with Crippen molar-refractivity contribution in [3.05, 3.63) is 0 Å². The largest absolute Gasteiger partial charge is 0.370 e. The zero-order valence-electron chi connectivity index (χ0n) is 11.5. The van der Waals surface area contributed by atoms with E-state index in [4.69, 9.17) is 10.5 Å². The Morgan fingerprint density at radius 1 is 1.29 bits per heavy atom. The molecule has 0 bridgehead atoms. The smallest absolute Gasteiger partial charge is 0.0710 e. The van der Waals surface area contributed by atoms with Gasteiger partial charge in [-0.2, -0.15) is 0 Å². The van der Waals surface area contributed by atoms with Gasteiger partial charge in [0.1, 0.15) is 0 Å². The first kappa shape index (κ1) is 13.3. The van der Waals surface area contributed by atoms with E-state index in [1.807, 2.05) is 0 Å². The maximum absolute atomic E-state index is 6.35. The molecule has 1 aliphatic carbocycles. The van der Waals surface area contributed by atoms with E-state index in [1.54, 1.807) is 0 Å². The van der Waals surface area contributed by atoms with Crippen LogP contribution >= 0.6 is 0 Å². The van der Waals surface area contributed by atoms with Gasteiger partial charge in [-0.25, -0.2) is 0 Å². The summed E-state index contributed by atoms with van der Waals surface area (Å²) in [6.07, 6.45) is 8.29. The third-order valence-corrected chi connectivity index (χ3v) is 4.44. The van der Waals surface area contributed by atoms with Gasteiger partial charge < -0.3 is 10.5 Å². The fourth-order valence-electron chi connectivity index (χ4n) is 3.40. The summed E-state index contributed by atoms with van der Waals surface area (Å²) in [6, 6.07) is 0.572. The number of hydrogen-bond donors (Lipinski definition) is 1. The lowest BCUT2D eigenvalue weighted by Gasteiger charge is -2.30. The normalized spacial score (nSPS) is 27.7. The zero-order chi connectivity index (χ0) is 12.3. The summed E-state index contributed by atoms with van der Waals surface area (Å²) in [6.45, 7) is 7.29. The van der Waals surface area contributed by atoms with Crippen LogP contribution in [0.25, 0.3) is 0 Å². The zero-order valence-corrected chi connectivity index (χ0v) is 11.5. The molecule has 1 heterocycles. The van der Waals surface area contributed by atoms with Gasteiger partial charge in [0.05, 0.1) is 11.7 Å². The first-order chi connectivity index (χ1) is 8.15. The number of nitrogens with zero attached hydrogens (tertiary/aromatic N) is 1. The number of ether oxygens (including phenoxy) is 1. The molecule has 2 N–H and O–H groups in total. The van der Waals surface area contributed by atoms with E-state index >= 15 is 0 Å². The molecule has 3 heteroatoms. The highest BCUT2D eigenvalue weighted by molar-refractivity contribution is 4.93. The molecule has 1 aliphatic heterocycles. The topological polar surface area (TPSA) is 38.5 Å². The van der Waals surface area contributed by atoms with Crippen LogP contribution in [-0.2, 0) is 4.74 Å². The van der Waals surface area contributed by atoms with E-state index in [9.17, 15) is 0 Å². The van der Waals surface area contributed by atoms with Crippen molar-refractivity contribution in [3.63, 3.8) is 0 Å². The van der Waals surface area contributed by atoms with Crippen molar-refractivity contribution in [1.82, 2.24) is 4.90 Å². The molecule has 17 heavy (non-hydrogen) atoms. The van der Waals surface area contributed by atoms with Crippen molar-refractivity contribution in [3.8, 4) is 0 Å². The van der Waals surface area contributed by atoms with Crippen molar-refractivity contribution >= 4 is 0 Å². The van der Waals surface area contributed by atoms with Crippen LogP contribution in [-0.4, -0.2) is 42.3 Å². The molecular formula is C14H28N2O. The Bertz CT molecular complexity index is 236. The van der Waals surface area contributed by atoms with Gasteiger partial charge in [0.2, 0.25) is 0 Å². The molecular weight excluding hydrogens is 212 g/mol. The minimum absolute atomic E-state index is 0.274. The molecule has 0 radical (unpaired) electrons. The second-order valence-corrected chi connectivity index (χ2v) is 6.05. The van der Waals surface area contributed by atoms with Gasteiger partial charge in [0.25, 0.3) is 0 Å². The second kappa shape index (κ2) is 5.68. The maximum atomic E-state index is 6.35. The van der Waals surface area contributed by atoms with E-state index in [2.05, 4.69) is 18.7 Å². The summed E-state index contributed by atoms with van der Waals surface area (Å²) in [4.78, 5) is 2.46. The Hall–Kier alpha value is -0.120. The van der Waals surface area contributed by atoms with Crippen molar-refractivity contribution in [1.29, 1.82) is 0 Å². The summed E-state index contributed by atoms with van der Waals surface area (Å²) in [5.74, 6) is 0. The van der Waals surface area contributed by atoms with Crippen molar-refractivity contribution in [2.45, 2.75) is 70.1 Å². The lowest BCUT2D eigenvalue weighted by Crippen LogP contribution is -2.41. The van der Waals surface area contributed by atoms with Crippen molar-refractivity contribution in [2.75, 3.05) is 19.6 Å². The average molecular weight is 240 g/mol. The summed E-state index contributed by atoms with van der Waals surface area (Å²) in [7, 11) is 0. The van der Waals surface area contributed by atoms with Crippen LogP contribution < -0.4 is 5.73 Å². The van der Waals surface area contributed by atoms with E-state index in [0.29, 0.717) is 12.1 Å².